The molecule has 13 heavy (non-hydrogen) atoms. The van der Waals surface area contributed by atoms with Crippen molar-refractivity contribution in [1.29, 1.82) is 0 Å². The van der Waals surface area contributed by atoms with Gasteiger partial charge < -0.3 is 4.55 Å². The number of thiazole rings is 1. The average Bonchev–Trinajstić information content (AvgIpc) is 2.75. The van der Waals surface area contributed by atoms with E-state index in [-0.39, 0.29) is 18.9 Å². The molecule has 0 N–H and O–H groups in total. The van der Waals surface area contributed by atoms with Gasteiger partial charge in [0.15, 0.2) is 0 Å². The molecule has 0 saturated heterocycles. The van der Waals surface area contributed by atoms with Gasteiger partial charge >= 0.3 is 18.9 Å². The van der Waals surface area contributed by atoms with E-state index in [9.17, 15) is 8.76 Å². The van der Waals surface area contributed by atoms with Crippen LogP contribution >= 0.6 is 11.3 Å². The van der Waals surface area contributed by atoms with Gasteiger partial charge in [0.05, 0.1) is 10.7 Å². The summed E-state index contributed by atoms with van der Waals surface area (Å²) in [5.74, 6) is 0.547. The van der Waals surface area contributed by atoms with E-state index in [0.29, 0.717) is 15.8 Å². The van der Waals surface area contributed by atoms with Crippen molar-refractivity contribution in [3.05, 3.63) is 10.7 Å². The molecule has 6 heteroatoms. The van der Waals surface area contributed by atoms with Crippen LogP contribution in [0.3, 0.4) is 0 Å². The number of nitrogens with zero attached hydrogens (tertiary/aromatic N) is 1. The molecule has 0 radical (unpaired) electrons. The molecule has 1 aliphatic carbocycles. The molecule has 0 spiro atoms. The van der Waals surface area contributed by atoms with E-state index in [1.165, 1.54) is 11.3 Å². The molecule has 1 heterocycles. The maximum atomic E-state index is 10.6. The van der Waals surface area contributed by atoms with Gasteiger partial charge in [0.25, 0.3) is 0 Å². The van der Waals surface area contributed by atoms with Gasteiger partial charge in [-0.1, -0.05) is 0 Å². The van der Waals surface area contributed by atoms with Crippen molar-refractivity contribution in [2.45, 2.75) is 29.9 Å². The first-order chi connectivity index (χ1) is 5.68. The molecule has 1 fully saturated rings. The van der Waals surface area contributed by atoms with Crippen LogP contribution in [0, 0.1) is 6.92 Å². The molecule has 0 aromatic carbocycles. The standard InChI is InChI=1S/C7H9NO2S2.Li/c1-4-7(12(9)10)11-6(8-4)5-2-3-5;/h5H,2-3H2,1H3,(H,9,10);/q;+1/p-1. The molecule has 2 rings (SSSR count). The normalized spacial score (nSPS) is 18.0. The monoisotopic (exact) mass is 209 g/mol. The third kappa shape index (κ3) is 2.42. The SMILES string of the molecule is Cc1nc(C2CC2)sc1S(=O)[O-].[Li+]. The van der Waals surface area contributed by atoms with Crippen molar-refractivity contribution in [1.82, 2.24) is 4.98 Å². The van der Waals surface area contributed by atoms with Crippen LogP contribution in [-0.4, -0.2) is 13.7 Å². The van der Waals surface area contributed by atoms with Crippen molar-refractivity contribution in [2.75, 3.05) is 0 Å². The zero-order valence-corrected chi connectivity index (χ0v) is 9.20. The van der Waals surface area contributed by atoms with Crippen LogP contribution in [0.15, 0.2) is 4.21 Å². The van der Waals surface area contributed by atoms with E-state index < -0.39 is 11.1 Å². The van der Waals surface area contributed by atoms with Crippen molar-refractivity contribution >= 4 is 22.4 Å². The number of hydrogen-bond acceptors (Lipinski definition) is 4. The fourth-order valence-electron chi connectivity index (χ4n) is 1.06. The fraction of sp³-hybridized carbons (Fsp3) is 0.571. The third-order valence-electron chi connectivity index (χ3n) is 1.85. The van der Waals surface area contributed by atoms with E-state index in [1.54, 1.807) is 6.92 Å². The summed E-state index contributed by atoms with van der Waals surface area (Å²) in [4.78, 5) is 4.22. The first-order valence-electron chi connectivity index (χ1n) is 3.75. The molecule has 0 bridgehead atoms. The Labute approximate surface area is 95.4 Å². The van der Waals surface area contributed by atoms with Gasteiger partial charge in [-0.05, 0) is 30.8 Å². The second kappa shape index (κ2) is 4.24. The van der Waals surface area contributed by atoms with E-state index in [4.69, 9.17) is 0 Å². The summed E-state index contributed by atoms with van der Waals surface area (Å²) in [7, 11) is 0. The molecule has 0 amide bonds. The Morgan fingerprint density at radius 2 is 2.23 bits per heavy atom. The van der Waals surface area contributed by atoms with Crippen LogP contribution in [0.4, 0.5) is 0 Å². The van der Waals surface area contributed by atoms with Gasteiger partial charge in [-0.15, -0.1) is 11.3 Å². The van der Waals surface area contributed by atoms with Gasteiger partial charge in [-0.2, -0.15) is 0 Å². The Kier molecular flexibility index (Phi) is 3.72. The molecule has 3 nitrogen and oxygen atoms in total. The first-order valence-corrected chi connectivity index (χ1v) is 5.64. The zero-order valence-electron chi connectivity index (χ0n) is 7.57. The molecule has 66 valence electrons. The largest absolute Gasteiger partial charge is 1.00 e. The van der Waals surface area contributed by atoms with E-state index in [0.717, 1.165) is 17.8 Å². The topological polar surface area (TPSA) is 53.0 Å². The van der Waals surface area contributed by atoms with Gasteiger partial charge in [0.1, 0.15) is 4.21 Å². The number of aromatic nitrogens is 1. The number of hydrogen-bond donors (Lipinski definition) is 0. The summed E-state index contributed by atoms with van der Waals surface area (Å²) in [6.07, 6.45) is 2.33. The van der Waals surface area contributed by atoms with Gasteiger partial charge in [-0.25, -0.2) is 4.98 Å². The van der Waals surface area contributed by atoms with Crippen LogP contribution in [0.5, 0.6) is 0 Å². The predicted molar refractivity (Wildman–Crippen MR) is 46.0 cm³/mol. The van der Waals surface area contributed by atoms with Gasteiger partial charge in [0, 0.05) is 5.92 Å². The number of rotatable bonds is 2. The molecule has 1 aromatic heterocycles. The third-order valence-corrected chi connectivity index (χ3v) is 4.22. The summed E-state index contributed by atoms with van der Waals surface area (Å²) in [6, 6.07) is 0. The maximum absolute atomic E-state index is 10.6. The minimum atomic E-state index is -2.10. The second-order valence-electron chi connectivity index (χ2n) is 2.93. The van der Waals surface area contributed by atoms with E-state index in [2.05, 4.69) is 4.98 Å². The molecule has 1 atom stereocenters. The van der Waals surface area contributed by atoms with Gasteiger partial charge in [0.2, 0.25) is 0 Å². The molecule has 1 saturated carbocycles. The zero-order chi connectivity index (χ0) is 8.72. The molecule has 1 aliphatic rings. The van der Waals surface area contributed by atoms with Crippen LogP contribution < -0.4 is 18.9 Å². The summed E-state index contributed by atoms with van der Waals surface area (Å²) >= 11 is -0.788. The van der Waals surface area contributed by atoms with Crippen molar-refractivity contribution in [2.24, 2.45) is 0 Å². The van der Waals surface area contributed by atoms with Gasteiger partial charge in [-0.3, -0.25) is 4.21 Å². The second-order valence-corrected chi connectivity index (χ2v) is 5.10. The smallest absolute Gasteiger partial charge is 0.768 e. The summed E-state index contributed by atoms with van der Waals surface area (Å²) in [5.41, 5.74) is 0.648. The molecule has 1 unspecified atom stereocenters. The van der Waals surface area contributed by atoms with Crippen molar-refractivity contribution in [3.8, 4) is 0 Å². The van der Waals surface area contributed by atoms with Crippen LogP contribution in [0.25, 0.3) is 0 Å². The fourth-order valence-corrected chi connectivity index (χ4v) is 2.85. The quantitative estimate of drug-likeness (QED) is 0.443. The Morgan fingerprint density at radius 1 is 1.62 bits per heavy atom. The summed E-state index contributed by atoms with van der Waals surface area (Å²) in [5, 5.41) is 0.992. The van der Waals surface area contributed by atoms with Crippen molar-refractivity contribution < 1.29 is 27.6 Å². The maximum Gasteiger partial charge on any atom is 1.00 e. The minimum absolute atomic E-state index is 0. The van der Waals surface area contributed by atoms with Crippen LogP contribution in [0.2, 0.25) is 0 Å². The Hall–Kier alpha value is 0.337. The average molecular weight is 209 g/mol. The van der Waals surface area contributed by atoms with E-state index >= 15 is 0 Å². The van der Waals surface area contributed by atoms with Crippen molar-refractivity contribution in [3.63, 3.8) is 0 Å². The summed E-state index contributed by atoms with van der Waals surface area (Å²) < 4.78 is 21.7. The predicted octanol–water partition coefficient (Wildman–Crippen LogP) is -1.43. The Bertz CT molecular complexity index is 335. The van der Waals surface area contributed by atoms with E-state index in [1.807, 2.05) is 0 Å². The molecular formula is C7H8LiNO2S2. The minimum Gasteiger partial charge on any atom is -0.768 e. The number of aryl methyl sites for hydroxylation is 1. The summed E-state index contributed by atoms with van der Waals surface area (Å²) in [6.45, 7) is 1.74. The van der Waals surface area contributed by atoms with Crippen LogP contribution in [0.1, 0.15) is 29.5 Å². The molecular weight excluding hydrogens is 201 g/mol. The molecule has 0 aliphatic heterocycles. The Balaban J connectivity index is 0.000000845. The first kappa shape index (κ1) is 11.4. The Morgan fingerprint density at radius 3 is 2.62 bits per heavy atom. The van der Waals surface area contributed by atoms with Crippen LogP contribution in [-0.2, 0) is 11.1 Å². The molecule has 1 aromatic rings.